The van der Waals surface area contributed by atoms with Crippen LogP contribution in [0.15, 0.2) is 23.2 Å². The van der Waals surface area contributed by atoms with Crippen LogP contribution in [-0.4, -0.2) is 6.04 Å². The Morgan fingerprint density at radius 2 is 2.38 bits per heavy atom. The van der Waals surface area contributed by atoms with Gasteiger partial charge in [0.2, 0.25) is 0 Å². The highest BCUT2D eigenvalue weighted by Crippen LogP contribution is 2.07. The zero-order valence-electron chi connectivity index (χ0n) is 4.89. The molecule has 0 aromatic heterocycles. The fourth-order valence-electron chi connectivity index (χ4n) is 0.305. The van der Waals surface area contributed by atoms with E-state index in [9.17, 15) is 0 Å². The van der Waals surface area contributed by atoms with Crippen LogP contribution < -0.4 is 5.73 Å². The lowest BCUT2D eigenvalue weighted by atomic mass is 10.3. The summed E-state index contributed by atoms with van der Waals surface area (Å²) in [5.41, 5.74) is 5.49. The van der Waals surface area contributed by atoms with Crippen LogP contribution in [0.5, 0.6) is 0 Å². The molecule has 0 aliphatic heterocycles. The first kappa shape index (κ1) is 7.92. The van der Waals surface area contributed by atoms with Crippen molar-refractivity contribution in [3.63, 3.8) is 0 Å². The van der Waals surface area contributed by atoms with Gasteiger partial charge >= 0.3 is 0 Å². The third kappa shape index (κ3) is 2.28. The fraction of sp³-hybridized carbons (Fsp3) is 0.333. The maximum Gasteiger partial charge on any atom is 0.0541 e. The average molecular weight is 176 g/mol. The van der Waals surface area contributed by atoms with Crippen molar-refractivity contribution in [3.05, 3.63) is 23.2 Å². The monoisotopic (exact) mass is 175 g/mol. The summed E-state index contributed by atoms with van der Waals surface area (Å²) in [6, 6.07) is -0.0417. The van der Waals surface area contributed by atoms with E-state index >= 15 is 0 Å². The van der Waals surface area contributed by atoms with Gasteiger partial charge < -0.3 is 5.73 Å². The van der Waals surface area contributed by atoms with Crippen molar-refractivity contribution in [1.29, 1.82) is 0 Å². The van der Waals surface area contributed by atoms with Gasteiger partial charge in [-0.3, -0.25) is 0 Å². The van der Waals surface area contributed by atoms with E-state index in [0.29, 0.717) is 0 Å². The van der Waals surface area contributed by atoms with Gasteiger partial charge in [0.15, 0.2) is 0 Å². The Hall–Kier alpha value is -0.0800. The molecule has 0 spiro atoms. The van der Waals surface area contributed by atoms with Gasteiger partial charge in [-0.25, -0.2) is 0 Å². The lowest BCUT2D eigenvalue weighted by Gasteiger charge is -2.00. The Balaban J connectivity index is 3.81. The summed E-state index contributed by atoms with van der Waals surface area (Å²) in [5.74, 6) is 0. The summed E-state index contributed by atoms with van der Waals surface area (Å²) in [7, 11) is 0. The van der Waals surface area contributed by atoms with E-state index in [1.165, 1.54) is 0 Å². The molecule has 0 aromatic rings. The topological polar surface area (TPSA) is 26.0 Å². The summed E-state index contributed by atoms with van der Waals surface area (Å²) in [5, 5.41) is 0. The molecule has 8 heavy (non-hydrogen) atoms. The predicted octanol–water partition coefficient (Wildman–Crippen LogP) is 1.80. The van der Waals surface area contributed by atoms with Gasteiger partial charge in [-0.2, -0.15) is 0 Å². The Morgan fingerprint density at radius 1 is 1.88 bits per heavy atom. The zero-order valence-corrected chi connectivity index (χ0v) is 6.48. The number of hydrogen-bond acceptors (Lipinski definition) is 1. The van der Waals surface area contributed by atoms with Crippen molar-refractivity contribution in [3.8, 4) is 0 Å². The number of allylic oxidation sites excluding steroid dienone is 1. The lowest BCUT2D eigenvalue weighted by Crippen LogP contribution is -2.15. The molecule has 0 rings (SSSR count). The number of rotatable bonds is 2. The molecule has 0 heterocycles. The van der Waals surface area contributed by atoms with Crippen LogP contribution in [-0.2, 0) is 0 Å². The molecular formula is C6H10BrN. The molecule has 0 saturated heterocycles. The van der Waals surface area contributed by atoms with Crippen molar-refractivity contribution in [2.24, 2.45) is 5.73 Å². The molecule has 2 heteroatoms. The van der Waals surface area contributed by atoms with Crippen LogP contribution in [0.1, 0.15) is 6.92 Å². The summed E-state index contributed by atoms with van der Waals surface area (Å²) >= 11 is 3.27. The van der Waals surface area contributed by atoms with Gasteiger partial charge in [0.25, 0.3) is 0 Å². The van der Waals surface area contributed by atoms with E-state index in [0.717, 1.165) is 4.48 Å². The molecular weight excluding hydrogens is 166 g/mol. The minimum Gasteiger partial charge on any atom is -0.320 e. The highest BCUT2D eigenvalue weighted by molar-refractivity contribution is 9.11. The number of nitrogens with two attached hydrogens (primary N) is 1. The molecule has 1 nitrogen and oxygen atoms in total. The Bertz CT molecular complexity index is 107. The maximum absolute atomic E-state index is 5.49. The van der Waals surface area contributed by atoms with Crippen LogP contribution in [0.4, 0.5) is 0 Å². The smallest absolute Gasteiger partial charge is 0.0541 e. The second-order valence-corrected chi connectivity index (χ2v) is 2.35. The third-order valence-electron chi connectivity index (χ3n) is 0.848. The lowest BCUT2D eigenvalue weighted by molar-refractivity contribution is 1.02. The summed E-state index contributed by atoms with van der Waals surface area (Å²) in [6.45, 7) is 5.46. The highest BCUT2D eigenvalue weighted by atomic mass is 79.9. The van der Waals surface area contributed by atoms with E-state index in [1.807, 2.05) is 13.0 Å². The maximum atomic E-state index is 5.49. The molecule has 0 bridgehead atoms. The molecule has 1 atom stereocenters. The molecule has 0 fully saturated rings. The summed E-state index contributed by atoms with van der Waals surface area (Å²) in [4.78, 5) is 0. The molecule has 0 amide bonds. The Kier molecular flexibility index (Phi) is 3.83. The first-order chi connectivity index (χ1) is 3.72. The van der Waals surface area contributed by atoms with Crippen LogP contribution in [0.25, 0.3) is 0 Å². The minimum absolute atomic E-state index is 0.0417. The SMILES string of the molecule is C=CC(N)/C(Br)=C\C. The third-order valence-corrected chi connectivity index (χ3v) is 1.83. The predicted molar refractivity (Wildman–Crippen MR) is 40.9 cm³/mol. The van der Waals surface area contributed by atoms with Crippen molar-refractivity contribution in [2.45, 2.75) is 13.0 Å². The minimum atomic E-state index is -0.0417. The van der Waals surface area contributed by atoms with E-state index < -0.39 is 0 Å². The molecule has 0 aromatic carbocycles. The van der Waals surface area contributed by atoms with Crippen molar-refractivity contribution in [2.75, 3.05) is 0 Å². The van der Waals surface area contributed by atoms with Crippen molar-refractivity contribution in [1.82, 2.24) is 0 Å². The van der Waals surface area contributed by atoms with E-state index in [4.69, 9.17) is 5.73 Å². The van der Waals surface area contributed by atoms with Crippen molar-refractivity contribution >= 4 is 15.9 Å². The van der Waals surface area contributed by atoms with Crippen LogP contribution in [0.3, 0.4) is 0 Å². The first-order valence-electron chi connectivity index (χ1n) is 2.42. The van der Waals surface area contributed by atoms with E-state index in [1.54, 1.807) is 6.08 Å². The van der Waals surface area contributed by atoms with Gasteiger partial charge in [0.1, 0.15) is 0 Å². The summed E-state index contributed by atoms with van der Waals surface area (Å²) < 4.78 is 0.979. The average Bonchev–Trinajstić information content (AvgIpc) is 1.84. The first-order valence-corrected chi connectivity index (χ1v) is 3.21. The molecule has 46 valence electrons. The van der Waals surface area contributed by atoms with Crippen LogP contribution in [0.2, 0.25) is 0 Å². The van der Waals surface area contributed by atoms with Gasteiger partial charge in [0, 0.05) is 4.48 Å². The van der Waals surface area contributed by atoms with Gasteiger partial charge in [-0.1, -0.05) is 28.1 Å². The second-order valence-electron chi connectivity index (χ2n) is 1.44. The zero-order chi connectivity index (χ0) is 6.57. The van der Waals surface area contributed by atoms with E-state index in [-0.39, 0.29) is 6.04 Å². The normalized spacial score (nSPS) is 15.6. The van der Waals surface area contributed by atoms with Gasteiger partial charge in [0.05, 0.1) is 6.04 Å². The van der Waals surface area contributed by atoms with E-state index in [2.05, 4.69) is 22.5 Å². The highest BCUT2D eigenvalue weighted by Gasteiger charge is 1.96. The quantitative estimate of drug-likeness (QED) is 0.637. The van der Waals surface area contributed by atoms with Crippen molar-refractivity contribution < 1.29 is 0 Å². The van der Waals surface area contributed by atoms with Crippen LogP contribution >= 0.6 is 15.9 Å². The summed E-state index contributed by atoms with van der Waals surface area (Å²) in [6.07, 6.45) is 3.59. The Morgan fingerprint density at radius 3 is 2.50 bits per heavy atom. The van der Waals surface area contributed by atoms with Crippen LogP contribution in [0, 0.1) is 0 Å². The number of halogens is 1. The Labute approximate surface area is 58.4 Å². The molecule has 0 aliphatic rings. The fourth-order valence-corrected chi connectivity index (χ4v) is 0.492. The molecule has 0 aliphatic carbocycles. The molecule has 2 N–H and O–H groups in total. The molecule has 1 unspecified atom stereocenters. The molecule has 0 radical (unpaired) electrons. The number of hydrogen-bond donors (Lipinski definition) is 1. The van der Waals surface area contributed by atoms with Gasteiger partial charge in [-0.15, -0.1) is 6.58 Å². The second kappa shape index (κ2) is 3.87. The standard InChI is InChI=1S/C6H10BrN/c1-3-5(7)6(8)4-2/h3-4,6H,2,8H2,1H3/b5-3+. The molecule has 0 saturated carbocycles. The largest absolute Gasteiger partial charge is 0.320 e. The van der Waals surface area contributed by atoms with Gasteiger partial charge in [-0.05, 0) is 6.92 Å².